The zero-order chi connectivity index (χ0) is 21.6. The Morgan fingerprint density at radius 1 is 1.20 bits per heavy atom. The van der Waals surface area contributed by atoms with Crippen molar-refractivity contribution >= 4 is 17.7 Å². The van der Waals surface area contributed by atoms with Gasteiger partial charge in [0.05, 0.1) is 18.8 Å². The normalized spacial score (nSPS) is 14.1. The highest BCUT2D eigenvalue weighted by molar-refractivity contribution is 7.98. The van der Waals surface area contributed by atoms with Gasteiger partial charge in [-0.1, -0.05) is 25.7 Å². The van der Waals surface area contributed by atoms with Gasteiger partial charge < -0.3 is 9.47 Å². The minimum Gasteiger partial charge on any atom is -0.493 e. The SMILES string of the molecule is CCOC(=O)Cc1ncc(C#Cc2cc3c(cc2SC)OCCC3(CC)CC)cn1. The second-order valence-electron chi connectivity index (χ2n) is 7.25. The minimum atomic E-state index is -0.326. The summed E-state index contributed by atoms with van der Waals surface area (Å²) in [5, 5.41) is 0. The number of carbonyl (C=O) groups excluding carboxylic acids is 1. The number of ether oxygens (including phenoxy) is 2. The van der Waals surface area contributed by atoms with Crippen LogP contribution in [0, 0.1) is 11.8 Å². The molecule has 0 N–H and O–H groups in total. The fraction of sp³-hybridized carbons (Fsp3) is 0.458. The standard InChI is InChI=1S/C24H28N2O3S/c1-5-24(6-2)10-11-29-20-13-21(30-4)18(12-19(20)24)9-8-17-15-25-22(26-16-17)14-23(27)28-7-3/h12-13,15-16H,5-7,10-11,14H2,1-4H3. The molecular formula is C24H28N2O3S. The molecule has 2 heterocycles. The number of rotatable bonds is 6. The first-order valence-electron chi connectivity index (χ1n) is 10.4. The Bertz CT molecular complexity index is 957. The number of esters is 1. The Kier molecular flexibility index (Phi) is 7.38. The highest BCUT2D eigenvalue weighted by atomic mass is 32.2. The first kappa shape index (κ1) is 22.2. The molecule has 158 valence electrons. The fourth-order valence-electron chi connectivity index (χ4n) is 3.83. The molecule has 5 nitrogen and oxygen atoms in total. The van der Waals surface area contributed by atoms with Crippen molar-refractivity contribution in [2.75, 3.05) is 19.5 Å². The largest absolute Gasteiger partial charge is 0.493 e. The number of hydrogen-bond donors (Lipinski definition) is 0. The van der Waals surface area contributed by atoms with Crippen LogP contribution in [0.3, 0.4) is 0 Å². The van der Waals surface area contributed by atoms with Crippen molar-refractivity contribution < 1.29 is 14.3 Å². The van der Waals surface area contributed by atoms with Crippen molar-refractivity contribution in [2.24, 2.45) is 0 Å². The van der Waals surface area contributed by atoms with Crippen LogP contribution >= 0.6 is 11.8 Å². The molecule has 0 aliphatic carbocycles. The highest BCUT2D eigenvalue weighted by Crippen LogP contribution is 2.45. The van der Waals surface area contributed by atoms with Crippen molar-refractivity contribution in [1.82, 2.24) is 9.97 Å². The number of thioether (sulfide) groups is 1. The smallest absolute Gasteiger partial charge is 0.313 e. The van der Waals surface area contributed by atoms with E-state index in [0.717, 1.165) is 42.1 Å². The molecule has 0 unspecified atom stereocenters. The molecule has 3 rings (SSSR count). The van der Waals surface area contributed by atoms with E-state index in [9.17, 15) is 4.79 Å². The number of nitrogens with zero attached hydrogens (tertiary/aromatic N) is 2. The third-order valence-corrected chi connectivity index (χ3v) is 6.50. The Morgan fingerprint density at radius 2 is 1.93 bits per heavy atom. The van der Waals surface area contributed by atoms with Gasteiger partial charge in [0.25, 0.3) is 0 Å². The maximum atomic E-state index is 11.6. The lowest BCUT2D eigenvalue weighted by Crippen LogP contribution is -2.31. The van der Waals surface area contributed by atoms with Gasteiger partial charge in [0.1, 0.15) is 18.0 Å². The van der Waals surface area contributed by atoms with Crippen molar-refractivity contribution in [3.63, 3.8) is 0 Å². The maximum absolute atomic E-state index is 11.6. The molecule has 1 aromatic heterocycles. The predicted molar refractivity (Wildman–Crippen MR) is 119 cm³/mol. The van der Waals surface area contributed by atoms with Crippen molar-refractivity contribution in [1.29, 1.82) is 0 Å². The molecule has 0 radical (unpaired) electrons. The summed E-state index contributed by atoms with van der Waals surface area (Å²) in [7, 11) is 0. The Hall–Kier alpha value is -2.52. The monoisotopic (exact) mass is 424 g/mol. The van der Waals surface area contributed by atoms with Gasteiger partial charge in [0.15, 0.2) is 0 Å². The van der Waals surface area contributed by atoms with Crippen LogP contribution in [-0.4, -0.2) is 35.4 Å². The molecule has 0 saturated heterocycles. The fourth-order valence-corrected chi connectivity index (χ4v) is 4.38. The highest BCUT2D eigenvalue weighted by Gasteiger charge is 2.35. The summed E-state index contributed by atoms with van der Waals surface area (Å²) >= 11 is 1.67. The molecule has 1 aliphatic heterocycles. The number of hydrogen-bond acceptors (Lipinski definition) is 6. The number of fused-ring (bicyclic) bond motifs is 1. The molecule has 30 heavy (non-hydrogen) atoms. The molecule has 0 saturated carbocycles. The van der Waals surface area contributed by atoms with Gasteiger partial charge >= 0.3 is 5.97 Å². The summed E-state index contributed by atoms with van der Waals surface area (Å²) in [5.74, 6) is 7.57. The van der Waals surface area contributed by atoms with Crippen LogP contribution in [0.1, 0.15) is 62.5 Å². The van der Waals surface area contributed by atoms with Crippen LogP contribution in [0.5, 0.6) is 5.75 Å². The molecule has 0 fully saturated rings. The van der Waals surface area contributed by atoms with E-state index >= 15 is 0 Å². The van der Waals surface area contributed by atoms with Crippen LogP contribution in [0.4, 0.5) is 0 Å². The summed E-state index contributed by atoms with van der Waals surface area (Å²) in [6.45, 7) is 7.40. The summed E-state index contributed by atoms with van der Waals surface area (Å²) in [6, 6.07) is 4.33. The summed E-state index contributed by atoms with van der Waals surface area (Å²) < 4.78 is 10.9. The molecule has 6 heteroatoms. The van der Waals surface area contributed by atoms with E-state index in [-0.39, 0.29) is 17.8 Å². The minimum absolute atomic E-state index is 0.0686. The molecule has 1 aliphatic rings. The molecule has 0 spiro atoms. The second kappa shape index (κ2) is 9.99. The predicted octanol–water partition coefficient (Wildman–Crippen LogP) is 4.54. The summed E-state index contributed by atoms with van der Waals surface area (Å²) in [5.41, 5.74) is 3.12. The first-order chi connectivity index (χ1) is 14.5. The van der Waals surface area contributed by atoms with Crippen LogP contribution < -0.4 is 4.74 Å². The van der Waals surface area contributed by atoms with Gasteiger partial charge in [0.2, 0.25) is 0 Å². The van der Waals surface area contributed by atoms with E-state index in [1.807, 2.05) is 0 Å². The second-order valence-corrected chi connectivity index (χ2v) is 8.10. The van der Waals surface area contributed by atoms with E-state index in [2.05, 4.69) is 54.0 Å². The maximum Gasteiger partial charge on any atom is 0.313 e. The average molecular weight is 425 g/mol. The van der Waals surface area contributed by atoms with E-state index in [0.29, 0.717) is 18.0 Å². The molecule has 0 amide bonds. The zero-order valence-corrected chi connectivity index (χ0v) is 18.9. The van der Waals surface area contributed by atoms with Gasteiger partial charge in [-0.05, 0) is 44.6 Å². The molecule has 2 aromatic rings. The van der Waals surface area contributed by atoms with Crippen LogP contribution in [0.15, 0.2) is 29.4 Å². The van der Waals surface area contributed by atoms with Crippen LogP contribution in [-0.2, 0) is 21.4 Å². The van der Waals surface area contributed by atoms with E-state index < -0.39 is 0 Å². The average Bonchev–Trinajstić information content (AvgIpc) is 2.77. The summed E-state index contributed by atoms with van der Waals surface area (Å²) in [4.78, 5) is 21.1. The Balaban J connectivity index is 1.89. The van der Waals surface area contributed by atoms with Gasteiger partial charge in [-0.3, -0.25) is 4.79 Å². The lowest BCUT2D eigenvalue weighted by Gasteiger charge is -2.38. The van der Waals surface area contributed by atoms with Gasteiger partial charge in [-0.2, -0.15) is 0 Å². The van der Waals surface area contributed by atoms with E-state index in [1.165, 1.54) is 5.56 Å². The van der Waals surface area contributed by atoms with Crippen LogP contribution in [0.25, 0.3) is 0 Å². The van der Waals surface area contributed by atoms with Crippen molar-refractivity contribution in [3.05, 3.63) is 47.0 Å². The first-order valence-corrected chi connectivity index (χ1v) is 11.6. The molecular weight excluding hydrogens is 396 g/mol. The topological polar surface area (TPSA) is 61.3 Å². The lowest BCUT2D eigenvalue weighted by molar-refractivity contribution is -0.142. The molecule has 0 atom stereocenters. The molecule has 0 bridgehead atoms. The van der Waals surface area contributed by atoms with Crippen LogP contribution in [0.2, 0.25) is 0 Å². The van der Waals surface area contributed by atoms with E-state index in [1.54, 1.807) is 31.1 Å². The van der Waals surface area contributed by atoms with Crippen molar-refractivity contribution in [2.45, 2.75) is 56.8 Å². The third kappa shape index (κ3) is 4.79. The zero-order valence-electron chi connectivity index (χ0n) is 18.1. The van der Waals surface area contributed by atoms with Gasteiger partial charge in [0, 0.05) is 33.8 Å². The number of carbonyl (C=O) groups is 1. The van der Waals surface area contributed by atoms with E-state index in [4.69, 9.17) is 9.47 Å². The quantitative estimate of drug-likeness (QED) is 0.385. The number of aromatic nitrogens is 2. The number of benzene rings is 1. The third-order valence-electron chi connectivity index (χ3n) is 5.72. The Labute approximate surface area is 183 Å². The summed E-state index contributed by atoms with van der Waals surface area (Å²) in [6.07, 6.45) is 8.62. The lowest BCUT2D eigenvalue weighted by atomic mass is 9.71. The van der Waals surface area contributed by atoms with Gasteiger partial charge in [-0.15, -0.1) is 11.8 Å². The Morgan fingerprint density at radius 3 is 2.57 bits per heavy atom. The van der Waals surface area contributed by atoms with Gasteiger partial charge in [-0.25, -0.2) is 9.97 Å². The van der Waals surface area contributed by atoms with Crippen molar-refractivity contribution in [3.8, 4) is 17.6 Å². The molecule has 1 aromatic carbocycles.